The van der Waals surface area contributed by atoms with E-state index in [1.54, 1.807) is 6.20 Å². The van der Waals surface area contributed by atoms with Gasteiger partial charge < -0.3 is 10.6 Å². The first-order valence-corrected chi connectivity index (χ1v) is 8.50. The van der Waals surface area contributed by atoms with E-state index in [0.717, 1.165) is 35.7 Å². The molecule has 5 heteroatoms. The molecule has 1 aliphatic rings. The van der Waals surface area contributed by atoms with E-state index < -0.39 is 0 Å². The fourth-order valence-electron chi connectivity index (χ4n) is 2.91. The van der Waals surface area contributed by atoms with Crippen LogP contribution in [0, 0.1) is 0 Å². The van der Waals surface area contributed by atoms with Crippen molar-refractivity contribution in [2.24, 2.45) is 5.73 Å². The minimum Gasteiger partial charge on any atom is -0.335 e. The molecule has 2 aromatic rings. The summed E-state index contributed by atoms with van der Waals surface area (Å²) in [5.41, 5.74) is 7.18. The van der Waals surface area contributed by atoms with Crippen molar-refractivity contribution in [1.29, 1.82) is 0 Å². The van der Waals surface area contributed by atoms with Gasteiger partial charge in [-0.1, -0.05) is 30.3 Å². The monoisotopic (exact) mass is 315 g/mol. The second-order valence-electron chi connectivity index (χ2n) is 5.91. The number of likely N-dealkylation sites (tertiary alicyclic amines) is 1. The Morgan fingerprint density at radius 1 is 1.41 bits per heavy atom. The highest BCUT2D eigenvalue weighted by Gasteiger charge is 2.28. The van der Waals surface area contributed by atoms with Crippen molar-refractivity contribution in [3.8, 4) is 0 Å². The van der Waals surface area contributed by atoms with E-state index in [2.05, 4.69) is 24.0 Å². The van der Waals surface area contributed by atoms with Gasteiger partial charge in [-0.05, 0) is 25.3 Å². The van der Waals surface area contributed by atoms with E-state index in [-0.39, 0.29) is 18.0 Å². The minimum atomic E-state index is 0.0937. The highest BCUT2D eigenvalue weighted by molar-refractivity contribution is 7.13. The normalized spacial score (nSPS) is 21.8. The van der Waals surface area contributed by atoms with Crippen LogP contribution >= 0.6 is 11.3 Å². The Bertz CT molecular complexity index is 640. The third kappa shape index (κ3) is 3.36. The number of nitrogens with two attached hydrogens (primary N) is 1. The van der Waals surface area contributed by atoms with Gasteiger partial charge in [0.1, 0.15) is 4.88 Å². The summed E-state index contributed by atoms with van der Waals surface area (Å²) in [4.78, 5) is 19.7. The third-order valence-corrected chi connectivity index (χ3v) is 5.13. The Morgan fingerprint density at radius 2 is 2.18 bits per heavy atom. The fourth-order valence-corrected chi connectivity index (χ4v) is 3.82. The molecule has 0 bridgehead atoms. The zero-order valence-electron chi connectivity index (χ0n) is 12.7. The molecule has 1 aromatic carbocycles. The predicted octanol–water partition coefficient (Wildman–Crippen LogP) is 2.69. The lowest BCUT2D eigenvalue weighted by Crippen LogP contribution is -2.48. The van der Waals surface area contributed by atoms with Crippen LogP contribution in [0.5, 0.6) is 0 Å². The Labute approximate surface area is 135 Å². The summed E-state index contributed by atoms with van der Waals surface area (Å²) < 4.78 is 0. The van der Waals surface area contributed by atoms with Crippen molar-refractivity contribution in [3.05, 3.63) is 52.0 Å². The SMILES string of the molecule is C[C@H]1C[C@H](N)CCN1C(=O)c1cnc(Cc2ccccc2)s1. The summed E-state index contributed by atoms with van der Waals surface area (Å²) >= 11 is 1.50. The number of benzene rings is 1. The first-order valence-electron chi connectivity index (χ1n) is 7.68. The highest BCUT2D eigenvalue weighted by atomic mass is 32.1. The Kier molecular flexibility index (Phi) is 4.55. The van der Waals surface area contributed by atoms with Gasteiger partial charge in [0.2, 0.25) is 0 Å². The molecule has 116 valence electrons. The molecule has 0 unspecified atom stereocenters. The second-order valence-corrected chi connectivity index (χ2v) is 7.03. The summed E-state index contributed by atoms with van der Waals surface area (Å²) in [7, 11) is 0. The molecular formula is C17H21N3OS. The molecule has 22 heavy (non-hydrogen) atoms. The van der Waals surface area contributed by atoms with Crippen LogP contribution in [-0.4, -0.2) is 34.4 Å². The van der Waals surface area contributed by atoms with Gasteiger partial charge in [0.05, 0.1) is 11.2 Å². The number of rotatable bonds is 3. The Balaban J connectivity index is 1.69. The number of aromatic nitrogens is 1. The zero-order chi connectivity index (χ0) is 15.5. The van der Waals surface area contributed by atoms with Crippen LogP contribution in [-0.2, 0) is 6.42 Å². The number of carbonyl (C=O) groups is 1. The molecule has 4 nitrogen and oxygen atoms in total. The van der Waals surface area contributed by atoms with Crippen LogP contribution in [0.15, 0.2) is 36.5 Å². The molecule has 1 aromatic heterocycles. The third-order valence-electron chi connectivity index (χ3n) is 4.14. The van der Waals surface area contributed by atoms with Gasteiger partial charge in [-0.2, -0.15) is 0 Å². The maximum absolute atomic E-state index is 12.6. The van der Waals surface area contributed by atoms with Crippen molar-refractivity contribution in [2.75, 3.05) is 6.54 Å². The summed E-state index contributed by atoms with van der Waals surface area (Å²) in [6.07, 6.45) is 4.25. The van der Waals surface area contributed by atoms with Crippen LogP contribution in [0.2, 0.25) is 0 Å². The largest absolute Gasteiger partial charge is 0.335 e. The number of piperidine rings is 1. The lowest BCUT2D eigenvalue weighted by atomic mass is 9.99. The molecule has 0 aliphatic carbocycles. The summed E-state index contributed by atoms with van der Waals surface area (Å²) in [5, 5.41) is 0.982. The standard InChI is InChI=1S/C17H21N3OS/c1-12-9-14(18)7-8-20(12)17(21)15-11-19-16(22-15)10-13-5-3-2-4-6-13/h2-6,11-12,14H,7-10,18H2,1H3/t12-,14+/m0/s1. The van der Waals surface area contributed by atoms with Gasteiger partial charge in [-0.25, -0.2) is 4.98 Å². The van der Waals surface area contributed by atoms with E-state index in [1.807, 2.05) is 23.1 Å². The van der Waals surface area contributed by atoms with Crippen LogP contribution in [0.25, 0.3) is 0 Å². The molecule has 1 aliphatic heterocycles. The van der Waals surface area contributed by atoms with E-state index in [0.29, 0.717) is 0 Å². The summed E-state index contributed by atoms with van der Waals surface area (Å²) in [6, 6.07) is 10.6. The number of hydrogen-bond donors (Lipinski definition) is 1. The zero-order valence-corrected chi connectivity index (χ0v) is 13.6. The van der Waals surface area contributed by atoms with Crippen molar-refractivity contribution >= 4 is 17.2 Å². The highest BCUT2D eigenvalue weighted by Crippen LogP contribution is 2.23. The van der Waals surface area contributed by atoms with E-state index in [1.165, 1.54) is 16.9 Å². The average molecular weight is 315 g/mol. The molecule has 2 heterocycles. The number of hydrogen-bond acceptors (Lipinski definition) is 4. The van der Waals surface area contributed by atoms with Crippen LogP contribution < -0.4 is 5.73 Å². The van der Waals surface area contributed by atoms with Gasteiger partial charge >= 0.3 is 0 Å². The van der Waals surface area contributed by atoms with Crippen LogP contribution in [0.1, 0.15) is 40.0 Å². The second kappa shape index (κ2) is 6.58. The molecule has 0 saturated carbocycles. The number of amides is 1. The van der Waals surface area contributed by atoms with Gasteiger partial charge in [0.25, 0.3) is 5.91 Å². The van der Waals surface area contributed by atoms with Crippen LogP contribution in [0.4, 0.5) is 0 Å². The maximum Gasteiger partial charge on any atom is 0.265 e. The first-order chi connectivity index (χ1) is 10.6. The fraction of sp³-hybridized carbons (Fsp3) is 0.412. The summed E-state index contributed by atoms with van der Waals surface area (Å²) in [5.74, 6) is 0.0937. The molecule has 0 spiro atoms. The van der Waals surface area contributed by atoms with Crippen molar-refractivity contribution in [3.63, 3.8) is 0 Å². The molecule has 1 amide bonds. The molecule has 1 saturated heterocycles. The van der Waals surface area contributed by atoms with Crippen LogP contribution in [0.3, 0.4) is 0 Å². The molecule has 1 fully saturated rings. The lowest BCUT2D eigenvalue weighted by molar-refractivity contribution is 0.0624. The minimum absolute atomic E-state index is 0.0937. The number of thiazole rings is 1. The molecular weight excluding hydrogens is 294 g/mol. The van der Waals surface area contributed by atoms with Crippen molar-refractivity contribution in [1.82, 2.24) is 9.88 Å². The van der Waals surface area contributed by atoms with Crippen molar-refractivity contribution in [2.45, 2.75) is 38.3 Å². The van der Waals surface area contributed by atoms with E-state index in [9.17, 15) is 4.79 Å². The van der Waals surface area contributed by atoms with E-state index >= 15 is 0 Å². The quantitative estimate of drug-likeness (QED) is 0.947. The molecule has 0 radical (unpaired) electrons. The number of carbonyl (C=O) groups excluding carboxylic acids is 1. The van der Waals surface area contributed by atoms with Gasteiger partial charge in [-0.15, -0.1) is 11.3 Å². The summed E-state index contributed by atoms with van der Waals surface area (Å²) in [6.45, 7) is 2.82. The average Bonchev–Trinajstić information content (AvgIpc) is 2.96. The first kappa shape index (κ1) is 15.2. The number of nitrogens with zero attached hydrogens (tertiary/aromatic N) is 2. The van der Waals surface area contributed by atoms with Gasteiger partial charge in [-0.3, -0.25) is 4.79 Å². The van der Waals surface area contributed by atoms with Crippen molar-refractivity contribution < 1.29 is 4.79 Å². The molecule has 2 N–H and O–H groups in total. The molecule has 3 rings (SSSR count). The lowest BCUT2D eigenvalue weighted by Gasteiger charge is -2.36. The smallest absolute Gasteiger partial charge is 0.265 e. The van der Waals surface area contributed by atoms with Gasteiger partial charge in [0, 0.05) is 25.0 Å². The van der Waals surface area contributed by atoms with E-state index in [4.69, 9.17) is 5.73 Å². The maximum atomic E-state index is 12.6. The topological polar surface area (TPSA) is 59.2 Å². The van der Waals surface area contributed by atoms with Gasteiger partial charge in [0.15, 0.2) is 0 Å². The molecule has 2 atom stereocenters. The predicted molar refractivity (Wildman–Crippen MR) is 89.1 cm³/mol. The Morgan fingerprint density at radius 3 is 2.91 bits per heavy atom. The Hall–Kier alpha value is -1.72.